The molecule has 2 N–H and O–H groups in total. The van der Waals surface area contributed by atoms with Gasteiger partial charge >= 0.3 is 18.3 Å². The molecule has 0 radical (unpaired) electrons. The van der Waals surface area contributed by atoms with E-state index in [1.807, 2.05) is 0 Å². The first-order valence-corrected chi connectivity index (χ1v) is 15.9. The smallest absolute Gasteiger partial charge is 0.415 e. The molecule has 0 aliphatic carbocycles. The molecule has 264 valence electrons. The Morgan fingerprint density at radius 2 is 1.67 bits per heavy atom. The van der Waals surface area contributed by atoms with Crippen molar-refractivity contribution in [1.29, 1.82) is 0 Å². The first-order valence-electron chi connectivity index (χ1n) is 15.9. The van der Waals surface area contributed by atoms with Gasteiger partial charge in [-0.25, -0.2) is 28.7 Å². The van der Waals surface area contributed by atoms with Crippen LogP contribution < -0.4 is 20.3 Å². The van der Waals surface area contributed by atoms with Crippen LogP contribution in [-0.4, -0.2) is 85.1 Å². The van der Waals surface area contributed by atoms with Crippen molar-refractivity contribution in [1.82, 2.24) is 9.97 Å². The maximum atomic E-state index is 16.6. The molecule has 4 heterocycles. The highest BCUT2D eigenvalue weighted by Crippen LogP contribution is 2.42. The van der Waals surface area contributed by atoms with Gasteiger partial charge in [0.25, 0.3) is 0 Å². The van der Waals surface area contributed by atoms with E-state index < -0.39 is 47.5 Å². The van der Waals surface area contributed by atoms with Gasteiger partial charge in [0.15, 0.2) is 5.82 Å². The minimum Gasteiger partial charge on any atom is -0.474 e. The molecule has 2 unspecified atom stereocenters. The summed E-state index contributed by atoms with van der Waals surface area (Å²) >= 11 is 0. The predicted molar refractivity (Wildman–Crippen MR) is 179 cm³/mol. The van der Waals surface area contributed by atoms with Gasteiger partial charge in [0.2, 0.25) is 5.88 Å². The van der Waals surface area contributed by atoms with Gasteiger partial charge in [-0.05, 0) is 71.5 Å². The number of halogens is 1. The largest absolute Gasteiger partial charge is 0.474 e. The summed E-state index contributed by atoms with van der Waals surface area (Å²) in [6.07, 6.45) is 0.0473. The zero-order chi connectivity index (χ0) is 35.7. The van der Waals surface area contributed by atoms with Crippen LogP contribution in [-0.2, 0) is 23.7 Å². The van der Waals surface area contributed by atoms with Gasteiger partial charge in [0.1, 0.15) is 41.5 Å². The second-order valence-electron chi connectivity index (χ2n) is 13.7. The molecule has 3 amide bonds. The van der Waals surface area contributed by atoms with E-state index in [4.69, 9.17) is 28.4 Å². The highest BCUT2D eigenvalue weighted by molar-refractivity contribution is 6.05. The summed E-state index contributed by atoms with van der Waals surface area (Å²) in [5.74, 6) is -0.485. The van der Waals surface area contributed by atoms with Gasteiger partial charge in [0.05, 0.1) is 25.4 Å². The lowest BCUT2D eigenvalue weighted by Gasteiger charge is -2.32. The summed E-state index contributed by atoms with van der Waals surface area (Å²) in [5, 5.41) is 5.80. The summed E-state index contributed by atoms with van der Waals surface area (Å²) in [4.78, 5) is 49.1. The molecule has 15 heteroatoms. The molecule has 0 bridgehead atoms. The second-order valence-corrected chi connectivity index (χ2v) is 13.7. The molecule has 3 aromatic rings. The fourth-order valence-corrected chi connectivity index (χ4v) is 5.49. The van der Waals surface area contributed by atoms with Crippen LogP contribution >= 0.6 is 0 Å². The van der Waals surface area contributed by atoms with Crippen molar-refractivity contribution >= 4 is 46.2 Å². The number of hydrogen-bond donors (Lipinski definition) is 2. The van der Waals surface area contributed by atoms with E-state index in [0.29, 0.717) is 41.8 Å². The number of pyridine rings is 2. The Morgan fingerprint density at radius 1 is 0.939 bits per heavy atom. The number of hydrogen-bond acceptors (Lipinski definition) is 11. The molecular formula is C34H42FN5O9. The number of amides is 3. The fraction of sp³-hybridized carbons (Fsp3) is 0.500. The highest BCUT2D eigenvalue weighted by atomic mass is 19.1. The van der Waals surface area contributed by atoms with E-state index in [9.17, 15) is 14.4 Å². The van der Waals surface area contributed by atoms with Crippen LogP contribution in [0.25, 0.3) is 21.9 Å². The molecule has 1 fully saturated rings. The van der Waals surface area contributed by atoms with E-state index in [1.54, 1.807) is 54.5 Å². The topological polar surface area (TPSA) is 160 Å². The van der Waals surface area contributed by atoms with Crippen LogP contribution in [0.4, 0.5) is 36.0 Å². The summed E-state index contributed by atoms with van der Waals surface area (Å²) in [6, 6.07) is 3.06. The lowest BCUT2D eigenvalue weighted by Crippen LogP contribution is -2.42. The molecule has 1 aromatic carbocycles. The van der Waals surface area contributed by atoms with Crippen molar-refractivity contribution in [2.75, 3.05) is 49.0 Å². The molecule has 0 saturated carbocycles. The third-order valence-electron chi connectivity index (χ3n) is 7.62. The molecule has 2 aliphatic rings. The molecule has 2 atom stereocenters. The third-order valence-corrected chi connectivity index (χ3v) is 7.62. The normalized spacial score (nSPS) is 17.9. The van der Waals surface area contributed by atoms with E-state index in [-0.39, 0.29) is 41.5 Å². The molecule has 5 rings (SSSR count). The minimum atomic E-state index is -0.885. The number of carbonyl (C=O) groups excluding carboxylic acids is 3. The Kier molecular flexibility index (Phi) is 10.2. The van der Waals surface area contributed by atoms with Crippen LogP contribution in [0.2, 0.25) is 0 Å². The maximum Gasteiger partial charge on any atom is 0.415 e. The average Bonchev–Trinajstić information content (AvgIpc) is 3.01. The van der Waals surface area contributed by atoms with E-state index in [2.05, 4.69) is 20.6 Å². The van der Waals surface area contributed by atoms with Gasteiger partial charge in [0, 0.05) is 42.4 Å². The Bertz CT molecular complexity index is 1750. The lowest BCUT2D eigenvalue weighted by atomic mass is 9.96. The standard InChI is InChI=1S/C34H42FN5O9/c1-18-21(15-37-29-28(18)40(10-12-46-29)32(43)49-34(5,6)7)20-13-19-14-25(38-30(41)47-23-9-11-45-17-24(23)44-8)36-16-22(19)27(26(20)35)39-31(42)48-33(2,3)4/h13-16,23-24H,9-12,17H2,1-8H3,(H,39,42)(H,36,38,41). The molecule has 49 heavy (non-hydrogen) atoms. The molecule has 0 spiro atoms. The van der Waals surface area contributed by atoms with Crippen LogP contribution in [0.1, 0.15) is 53.5 Å². The van der Waals surface area contributed by atoms with Crippen LogP contribution in [0.3, 0.4) is 0 Å². The lowest BCUT2D eigenvalue weighted by molar-refractivity contribution is -0.103. The number of methoxy groups -OCH3 is 1. The van der Waals surface area contributed by atoms with Gasteiger partial charge < -0.3 is 28.4 Å². The number of carbonyl (C=O) groups is 3. The van der Waals surface area contributed by atoms with Crippen molar-refractivity contribution < 1.29 is 47.2 Å². The number of benzene rings is 1. The first-order chi connectivity index (χ1) is 23.0. The Labute approximate surface area is 283 Å². The number of anilines is 3. The van der Waals surface area contributed by atoms with Crippen molar-refractivity contribution in [2.24, 2.45) is 0 Å². The van der Waals surface area contributed by atoms with Crippen molar-refractivity contribution in [2.45, 2.75) is 78.3 Å². The summed E-state index contributed by atoms with van der Waals surface area (Å²) in [7, 11) is 1.51. The zero-order valence-electron chi connectivity index (χ0n) is 28.9. The first kappa shape index (κ1) is 35.5. The highest BCUT2D eigenvalue weighted by Gasteiger charge is 2.33. The predicted octanol–water partition coefficient (Wildman–Crippen LogP) is 6.58. The summed E-state index contributed by atoms with van der Waals surface area (Å²) in [6.45, 7) is 13.2. The number of nitrogens with zero attached hydrogens (tertiary/aromatic N) is 3. The van der Waals surface area contributed by atoms with Crippen molar-refractivity contribution in [3.8, 4) is 17.0 Å². The number of nitrogens with one attached hydrogen (secondary N) is 2. The number of rotatable bonds is 5. The average molecular weight is 684 g/mol. The number of ether oxygens (including phenoxy) is 6. The SMILES string of the molecule is COC1COCCC1OC(=O)Nc1cc2cc(-c3cnc4c(c3C)N(C(=O)OC(C)(C)C)CCO4)c(F)c(NC(=O)OC(C)(C)C)c2cn1. The van der Waals surface area contributed by atoms with E-state index >= 15 is 4.39 Å². The van der Waals surface area contributed by atoms with Crippen molar-refractivity contribution in [3.05, 3.63) is 35.9 Å². The Balaban J connectivity index is 1.57. The monoisotopic (exact) mass is 683 g/mol. The Morgan fingerprint density at radius 3 is 2.37 bits per heavy atom. The van der Waals surface area contributed by atoms with Crippen LogP contribution in [0, 0.1) is 12.7 Å². The molecule has 2 aliphatic heterocycles. The van der Waals surface area contributed by atoms with Crippen LogP contribution in [0.15, 0.2) is 24.5 Å². The van der Waals surface area contributed by atoms with Crippen molar-refractivity contribution in [3.63, 3.8) is 0 Å². The van der Waals surface area contributed by atoms with Gasteiger partial charge in [-0.15, -0.1) is 0 Å². The zero-order valence-corrected chi connectivity index (χ0v) is 28.9. The quantitative estimate of drug-likeness (QED) is 0.280. The second kappa shape index (κ2) is 14.0. The maximum absolute atomic E-state index is 16.6. The molecule has 14 nitrogen and oxygen atoms in total. The number of fused-ring (bicyclic) bond motifs is 2. The molecule has 2 aromatic heterocycles. The van der Waals surface area contributed by atoms with Gasteiger partial charge in [-0.2, -0.15) is 0 Å². The fourth-order valence-electron chi connectivity index (χ4n) is 5.49. The van der Waals surface area contributed by atoms with E-state index in [0.717, 1.165) is 0 Å². The third kappa shape index (κ3) is 8.28. The van der Waals surface area contributed by atoms with E-state index in [1.165, 1.54) is 30.5 Å². The molecule has 1 saturated heterocycles. The van der Waals surface area contributed by atoms with Crippen LogP contribution in [0.5, 0.6) is 5.88 Å². The minimum absolute atomic E-state index is 0.0472. The summed E-state index contributed by atoms with van der Waals surface area (Å²) < 4.78 is 49.8. The molecular weight excluding hydrogens is 641 g/mol. The number of aromatic nitrogens is 2. The van der Waals surface area contributed by atoms with Gasteiger partial charge in [-0.3, -0.25) is 15.5 Å². The van der Waals surface area contributed by atoms with Gasteiger partial charge in [-0.1, -0.05) is 0 Å². The summed E-state index contributed by atoms with van der Waals surface area (Å²) in [5.41, 5.74) is -0.639. The Hall–Kier alpha value is -4.76.